The molecule has 0 saturated carbocycles. The van der Waals surface area contributed by atoms with Crippen LogP contribution in [0.3, 0.4) is 0 Å². The molecule has 0 aromatic heterocycles. The average Bonchev–Trinajstić information content (AvgIpc) is 2.15. The summed E-state index contributed by atoms with van der Waals surface area (Å²) in [5, 5.41) is 0. The zero-order valence-electron chi connectivity index (χ0n) is 8.56. The summed E-state index contributed by atoms with van der Waals surface area (Å²) in [5.74, 6) is 0. The maximum Gasteiger partial charge on any atom is 0.231 e. The summed E-state index contributed by atoms with van der Waals surface area (Å²) in [4.78, 5) is 0. The summed E-state index contributed by atoms with van der Waals surface area (Å²) in [7, 11) is 0.315. The summed E-state index contributed by atoms with van der Waals surface area (Å²) in [6.07, 6.45) is 1.19. The van der Waals surface area contributed by atoms with Crippen LogP contribution >= 0.6 is 0 Å². The smallest absolute Gasteiger partial charge is 0.231 e. The van der Waals surface area contributed by atoms with Crippen molar-refractivity contribution in [3.8, 4) is 0 Å². The van der Waals surface area contributed by atoms with Gasteiger partial charge in [-0.15, -0.1) is 0 Å². The summed E-state index contributed by atoms with van der Waals surface area (Å²) in [6.45, 7) is 1.92. The van der Waals surface area contributed by atoms with E-state index >= 15 is 0 Å². The van der Waals surface area contributed by atoms with Gasteiger partial charge < -0.3 is 0 Å². The normalized spacial score (nSPS) is 11.1. The van der Waals surface area contributed by atoms with Gasteiger partial charge in [-0.2, -0.15) is 0 Å². The number of hydrogen-bond acceptors (Lipinski definition) is 2. The van der Waals surface area contributed by atoms with Gasteiger partial charge in [0.05, 0.1) is 11.9 Å². The predicted molar refractivity (Wildman–Crippen MR) is 60.9 cm³/mol. The molecule has 14 heavy (non-hydrogen) atoms. The Morgan fingerprint density at radius 3 is 2.50 bits per heavy atom. The van der Waals surface area contributed by atoms with E-state index in [1.807, 2.05) is 32.3 Å². The molecule has 0 fully saturated rings. The van der Waals surface area contributed by atoms with Gasteiger partial charge in [-0.3, -0.25) is 4.31 Å². The number of anilines is 1. The van der Waals surface area contributed by atoms with Gasteiger partial charge >= 0.3 is 0 Å². The average molecular weight is 210 g/mol. The second kappa shape index (κ2) is 4.04. The molecule has 0 heterocycles. The first kappa shape index (κ1) is 11.1. The molecule has 1 rings (SSSR count). The number of hydrogen-bond donors (Lipinski definition) is 0. The van der Waals surface area contributed by atoms with Crippen molar-refractivity contribution in [2.75, 3.05) is 17.6 Å². The zero-order chi connectivity index (χ0) is 10.8. The van der Waals surface area contributed by atoms with E-state index in [-0.39, 0.29) is 0 Å². The second-order valence-electron chi connectivity index (χ2n) is 3.11. The fourth-order valence-corrected chi connectivity index (χ4v) is 1.59. The molecule has 0 bridgehead atoms. The van der Waals surface area contributed by atoms with Crippen LogP contribution in [0.15, 0.2) is 24.3 Å². The Kier molecular flexibility index (Phi) is 3.21. The molecule has 0 saturated heterocycles. The third kappa shape index (κ3) is 2.51. The highest BCUT2D eigenvalue weighted by Gasteiger charge is 2.11. The molecular formula is C9H13BNO2S. The quantitative estimate of drug-likeness (QED) is 0.679. The van der Waals surface area contributed by atoms with Gasteiger partial charge in [0.15, 0.2) is 0 Å². The Hall–Kier alpha value is -0.965. The van der Waals surface area contributed by atoms with Crippen molar-refractivity contribution in [3.05, 3.63) is 24.3 Å². The van der Waals surface area contributed by atoms with Crippen molar-refractivity contribution in [2.45, 2.75) is 6.82 Å². The molecule has 3 nitrogen and oxygen atoms in total. The minimum Gasteiger partial charge on any atom is -0.274 e. The molecule has 0 atom stereocenters. The van der Waals surface area contributed by atoms with Crippen LogP contribution in [0, 0.1) is 0 Å². The van der Waals surface area contributed by atoms with Crippen LogP contribution in [0.4, 0.5) is 5.69 Å². The molecule has 1 aromatic rings. The summed E-state index contributed by atoms with van der Waals surface area (Å²) in [6, 6.07) is 7.38. The van der Waals surface area contributed by atoms with Gasteiger partial charge in [0, 0.05) is 7.05 Å². The van der Waals surface area contributed by atoms with Crippen LogP contribution in [0.5, 0.6) is 0 Å². The third-order valence-corrected chi connectivity index (χ3v) is 3.27. The van der Waals surface area contributed by atoms with Gasteiger partial charge in [-0.25, -0.2) is 8.42 Å². The fourth-order valence-electron chi connectivity index (χ4n) is 1.09. The highest BCUT2D eigenvalue weighted by atomic mass is 32.2. The maximum absolute atomic E-state index is 11.2. The Bertz CT molecular complexity index is 417. The third-order valence-electron chi connectivity index (χ3n) is 2.06. The maximum atomic E-state index is 11.2. The molecule has 5 heteroatoms. The van der Waals surface area contributed by atoms with Crippen molar-refractivity contribution in [1.82, 2.24) is 0 Å². The van der Waals surface area contributed by atoms with E-state index in [4.69, 9.17) is 0 Å². The molecule has 1 aromatic carbocycles. The van der Waals surface area contributed by atoms with Crippen molar-refractivity contribution in [2.24, 2.45) is 0 Å². The van der Waals surface area contributed by atoms with E-state index in [9.17, 15) is 8.42 Å². The highest BCUT2D eigenvalue weighted by Crippen LogP contribution is 2.12. The molecule has 0 spiro atoms. The van der Waals surface area contributed by atoms with E-state index < -0.39 is 10.0 Å². The van der Waals surface area contributed by atoms with Crippen molar-refractivity contribution >= 4 is 28.5 Å². The SMILES string of the molecule is C[B]c1cccc(N(C)S(C)(=O)=O)c1. The standard InChI is InChI=1S/C9H13BNO2S/c1-10-8-5-4-6-9(7-8)11(2)14(3,12)13/h4-7H,1-3H3. The Balaban J connectivity index is 3.08. The minimum atomic E-state index is -3.16. The summed E-state index contributed by atoms with van der Waals surface area (Å²) < 4.78 is 23.8. The summed E-state index contributed by atoms with van der Waals surface area (Å²) in [5.41, 5.74) is 1.70. The fraction of sp³-hybridized carbons (Fsp3) is 0.333. The molecular weight excluding hydrogens is 197 g/mol. The molecule has 0 amide bonds. The molecule has 0 unspecified atom stereocenters. The molecule has 1 radical (unpaired) electrons. The predicted octanol–water partition coefficient (Wildman–Crippen LogP) is 0.460. The number of sulfonamides is 1. The van der Waals surface area contributed by atoms with Gasteiger partial charge in [0.25, 0.3) is 0 Å². The monoisotopic (exact) mass is 210 g/mol. The van der Waals surface area contributed by atoms with Crippen LogP contribution in [0.2, 0.25) is 6.82 Å². The topological polar surface area (TPSA) is 37.4 Å². The largest absolute Gasteiger partial charge is 0.274 e. The molecule has 0 aliphatic heterocycles. The first-order valence-electron chi connectivity index (χ1n) is 4.28. The molecule has 0 aliphatic rings. The lowest BCUT2D eigenvalue weighted by Crippen LogP contribution is -2.26. The van der Waals surface area contributed by atoms with Crippen LogP contribution < -0.4 is 9.77 Å². The van der Waals surface area contributed by atoms with Crippen molar-refractivity contribution in [1.29, 1.82) is 0 Å². The van der Waals surface area contributed by atoms with Gasteiger partial charge in [-0.05, 0) is 12.1 Å². The Labute approximate surface area is 86.0 Å². The lowest BCUT2D eigenvalue weighted by molar-refractivity contribution is 0.600. The molecule has 0 N–H and O–H groups in total. The number of benzene rings is 1. The Morgan fingerprint density at radius 2 is 2.00 bits per heavy atom. The number of rotatable bonds is 3. The summed E-state index contributed by atoms with van der Waals surface area (Å²) >= 11 is 0. The Morgan fingerprint density at radius 1 is 1.36 bits per heavy atom. The second-order valence-corrected chi connectivity index (χ2v) is 5.13. The molecule has 0 aliphatic carbocycles. The van der Waals surface area contributed by atoms with E-state index in [0.717, 1.165) is 5.46 Å². The van der Waals surface area contributed by atoms with Crippen LogP contribution in [0.1, 0.15) is 0 Å². The van der Waals surface area contributed by atoms with E-state index in [1.54, 1.807) is 13.1 Å². The van der Waals surface area contributed by atoms with Gasteiger partial charge in [0.2, 0.25) is 10.0 Å². The highest BCUT2D eigenvalue weighted by molar-refractivity contribution is 7.92. The lowest BCUT2D eigenvalue weighted by atomic mass is 9.73. The van der Waals surface area contributed by atoms with Crippen LogP contribution in [-0.2, 0) is 10.0 Å². The number of nitrogens with zero attached hydrogens (tertiary/aromatic N) is 1. The van der Waals surface area contributed by atoms with Crippen LogP contribution in [0.25, 0.3) is 0 Å². The van der Waals surface area contributed by atoms with E-state index in [1.165, 1.54) is 10.6 Å². The van der Waals surface area contributed by atoms with Crippen LogP contribution in [-0.4, -0.2) is 29.0 Å². The van der Waals surface area contributed by atoms with Gasteiger partial charge in [0.1, 0.15) is 7.28 Å². The first-order valence-corrected chi connectivity index (χ1v) is 6.13. The zero-order valence-corrected chi connectivity index (χ0v) is 9.38. The van der Waals surface area contributed by atoms with E-state index in [2.05, 4.69) is 0 Å². The van der Waals surface area contributed by atoms with E-state index in [0.29, 0.717) is 5.69 Å². The van der Waals surface area contributed by atoms with Gasteiger partial charge in [-0.1, -0.05) is 24.4 Å². The lowest BCUT2D eigenvalue weighted by Gasteiger charge is -2.17. The van der Waals surface area contributed by atoms with Crippen molar-refractivity contribution < 1.29 is 8.42 Å². The first-order chi connectivity index (χ1) is 6.45. The minimum absolute atomic E-state index is 0.683. The molecule has 75 valence electrons. The van der Waals surface area contributed by atoms with Crippen molar-refractivity contribution in [3.63, 3.8) is 0 Å².